The molecule has 1 heterocycles. The van der Waals surface area contributed by atoms with E-state index in [2.05, 4.69) is 9.71 Å². The quantitative estimate of drug-likeness (QED) is 0.386. The van der Waals surface area contributed by atoms with Crippen LogP contribution in [0.3, 0.4) is 0 Å². The SMILES string of the molecule is COc1ccc(CNS(=O)(=O)c2cc([N+](=O)[O-])ccc2-n2cnc(C3CC3)c2)c(OC)c1. The van der Waals surface area contributed by atoms with E-state index in [1.807, 2.05) is 0 Å². The van der Waals surface area contributed by atoms with Crippen molar-refractivity contribution >= 4 is 15.7 Å². The van der Waals surface area contributed by atoms with E-state index in [9.17, 15) is 18.5 Å². The first kappa shape index (κ1) is 21.8. The molecule has 2 aromatic carbocycles. The van der Waals surface area contributed by atoms with E-state index in [0.717, 1.165) is 24.6 Å². The summed E-state index contributed by atoms with van der Waals surface area (Å²) in [6, 6.07) is 8.77. The number of methoxy groups -OCH3 is 2. The minimum Gasteiger partial charge on any atom is -0.497 e. The highest BCUT2D eigenvalue weighted by atomic mass is 32.2. The van der Waals surface area contributed by atoms with Crippen LogP contribution in [0, 0.1) is 10.1 Å². The minimum absolute atomic E-state index is 0.0745. The summed E-state index contributed by atoms with van der Waals surface area (Å²) in [5.41, 5.74) is 1.42. The van der Waals surface area contributed by atoms with Gasteiger partial charge in [0, 0.05) is 42.4 Å². The number of ether oxygens (including phenoxy) is 2. The maximum absolute atomic E-state index is 13.2. The summed E-state index contributed by atoms with van der Waals surface area (Å²) in [4.78, 5) is 14.8. The van der Waals surface area contributed by atoms with E-state index in [4.69, 9.17) is 9.47 Å². The molecule has 0 bridgehead atoms. The van der Waals surface area contributed by atoms with Crippen LogP contribution in [0.15, 0.2) is 53.8 Å². The van der Waals surface area contributed by atoms with E-state index < -0.39 is 14.9 Å². The monoisotopic (exact) mass is 458 g/mol. The molecule has 0 atom stereocenters. The van der Waals surface area contributed by atoms with E-state index in [0.29, 0.717) is 23.0 Å². The summed E-state index contributed by atoms with van der Waals surface area (Å²) in [7, 11) is -1.13. The van der Waals surface area contributed by atoms with Crippen LogP contribution < -0.4 is 14.2 Å². The van der Waals surface area contributed by atoms with Crippen molar-refractivity contribution in [1.82, 2.24) is 14.3 Å². The molecular weight excluding hydrogens is 436 g/mol. The summed E-state index contributed by atoms with van der Waals surface area (Å²) in [6.45, 7) is -0.0745. The number of nitrogens with one attached hydrogen (secondary N) is 1. The van der Waals surface area contributed by atoms with Gasteiger partial charge in [-0.1, -0.05) is 6.07 Å². The molecule has 1 fully saturated rings. The Morgan fingerprint density at radius 3 is 2.62 bits per heavy atom. The van der Waals surface area contributed by atoms with Crippen LogP contribution in [0.2, 0.25) is 0 Å². The maximum atomic E-state index is 13.2. The van der Waals surface area contributed by atoms with Gasteiger partial charge in [-0.15, -0.1) is 0 Å². The van der Waals surface area contributed by atoms with Crippen molar-refractivity contribution in [2.24, 2.45) is 0 Å². The predicted molar refractivity (Wildman–Crippen MR) is 116 cm³/mol. The van der Waals surface area contributed by atoms with Gasteiger partial charge in [0.25, 0.3) is 5.69 Å². The van der Waals surface area contributed by atoms with Gasteiger partial charge in [-0.05, 0) is 25.0 Å². The lowest BCUT2D eigenvalue weighted by Crippen LogP contribution is -2.25. The van der Waals surface area contributed by atoms with E-state index in [-0.39, 0.29) is 22.8 Å². The number of non-ortho nitro benzene ring substituents is 1. The third-order valence-electron chi connectivity index (χ3n) is 5.27. The number of benzene rings is 2. The Morgan fingerprint density at radius 1 is 1.19 bits per heavy atom. The van der Waals surface area contributed by atoms with Gasteiger partial charge < -0.3 is 14.0 Å². The Balaban J connectivity index is 1.68. The lowest BCUT2D eigenvalue weighted by molar-refractivity contribution is -0.385. The largest absolute Gasteiger partial charge is 0.497 e. The molecule has 1 N–H and O–H groups in total. The van der Waals surface area contributed by atoms with Crippen LogP contribution in [0.1, 0.15) is 30.0 Å². The van der Waals surface area contributed by atoms with Gasteiger partial charge in [-0.25, -0.2) is 18.1 Å². The Labute approximate surface area is 185 Å². The average molecular weight is 458 g/mol. The van der Waals surface area contributed by atoms with Gasteiger partial charge in [-0.2, -0.15) is 0 Å². The second-order valence-electron chi connectivity index (χ2n) is 7.39. The molecule has 168 valence electrons. The zero-order chi connectivity index (χ0) is 22.9. The number of rotatable bonds is 9. The lowest BCUT2D eigenvalue weighted by atomic mass is 10.2. The van der Waals surface area contributed by atoms with Crippen LogP contribution in [0.4, 0.5) is 5.69 Å². The number of nitro groups is 1. The van der Waals surface area contributed by atoms with Gasteiger partial charge in [0.2, 0.25) is 10.0 Å². The first-order valence-corrected chi connectivity index (χ1v) is 11.3. The van der Waals surface area contributed by atoms with Crippen molar-refractivity contribution in [3.8, 4) is 17.2 Å². The number of imidazole rings is 1. The topological polar surface area (TPSA) is 126 Å². The maximum Gasteiger partial charge on any atom is 0.270 e. The molecule has 3 aromatic rings. The number of aromatic nitrogens is 2. The number of hydrogen-bond acceptors (Lipinski definition) is 7. The third-order valence-corrected chi connectivity index (χ3v) is 6.70. The lowest BCUT2D eigenvalue weighted by Gasteiger charge is -2.14. The fourth-order valence-corrected chi connectivity index (χ4v) is 4.58. The smallest absolute Gasteiger partial charge is 0.270 e. The van der Waals surface area contributed by atoms with Crippen molar-refractivity contribution in [2.75, 3.05) is 14.2 Å². The molecule has 0 spiro atoms. The molecule has 0 radical (unpaired) electrons. The van der Waals surface area contributed by atoms with E-state index >= 15 is 0 Å². The first-order chi connectivity index (χ1) is 15.3. The predicted octanol–water partition coefficient (Wildman–Crippen LogP) is 3.15. The van der Waals surface area contributed by atoms with Crippen LogP contribution in [0.5, 0.6) is 11.5 Å². The third kappa shape index (κ3) is 4.43. The van der Waals surface area contributed by atoms with Crippen LogP contribution >= 0.6 is 0 Å². The number of hydrogen-bond donors (Lipinski definition) is 1. The molecule has 0 unspecified atom stereocenters. The Morgan fingerprint density at radius 2 is 1.97 bits per heavy atom. The molecule has 0 amide bonds. The van der Waals surface area contributed by atoms with E-state index in [1.165, 1.54) is 32.7 Å². The van der Waals surface area contributed by atoms with E-state index in [1.54, 1.807) is 29.0 Å². The number of sulfonamides is 1. The molecule has 4 rings (SSSR count). The molecular formula is C21H22N4O6S. The highest BCUT2D eigenvalue weighted by Crippen LogP contribution is 2.39. The van der Waals surface area contributed by atoms with Crippen LogP contribution in [0.25, 0.3) is 5.69 Å². The van der Waals surface area contributed by atoms with Crippen molar-refractivity contribution in [3.63, 3.8) is 0 Å². The average Bonchev–Trinajstić information content (AvgIpc) is 3.53. The molecule has 1 aromatic heterocycles. The Kier molecular flexibility index (Phi) is 5.85. The molecule has 1 saturated carbocycles. The Bertz CT molecular complexity index is 1270. The molecule has 1 aliphatic carbocycles. The van der Waals surface area contributed by atoms with Gasteiger partial charge in [-0.3, -0.25) is 10.1 Å². The molecule has 1 aliphatic rings. The zero-order valence-corrected chi connectivity index (χ0v) is 18.3. The van der Waals surface area contributed by atoms with Gasteiger partial charge in [0.15, 0.2) is 0 Å². The summed E-state index contributed by atoms with van der Waals surface area (Å²) < 4.78 is 41.0. The summed E-state index contributed by atoms with van der Waals surface area (Å²) in [6.07, 6.45) is 5.39. The van der Waals surface area contributed by atoms with Gasteiger partial charge in [0.05, 0.1) is 36.9 Å². The minimum atomic E-state index is -4.12. The standard InChI is InChI=1S/C21H22N4O6S/c1-30-17-7-5-15(20(10-17)31-2)11-23-32(28,29)21-9-16(25(26)27)6-8-19(21)24-12-18(22-13-24)14-3-4-14/h5-10,12-14,23H,3-4,11H2,1-2H3. The highest BCUT2D eigenvalue weighted by Gasteiger charge is 2.28. The summed E-state index contributed by atoms with van der Waals surface area (Å²) in [5, 5.41) is 11.3. The molecule has 0 aliphatic heterocycles. The second-order valence-corrected chi connectivity index (χ2v) is 9.13. The van der Waals surface area contributed by atoms with Crippen LogP contribution in [-0.2, 0) is 16.6 Å². The molecule has 32 heavy (non-hydrogen) atoms. The second kappa shape index (κ2) is 8.60. The fraction of sp³-hybridized carbons (Fsp3) is 0.286. The molecule has 10 nitrogen and oxygen atoms in total. The van der Waals surface area contributed by atoms with Crippen molar-refractivity contribution < 1.29 is 22.8 Å². The van der Waals surface area contributed by atoms with Crippen molar-refractivity contribution in [2.45, 2.75) is 30.2 Å². The summed E-state index contributed by atoms with van der Waals surface area (Å²) in [5.74, 6) is 1.41. The van der Waals surface area contributed by atoms with Crippen molar-refractivity contribution in [1.29, 1.82) is 0 Å². The fourth-order valence-electron chi connectivity index (χ4n) is 3.35. The van der Waals surface area contributed by atoms with Gasteiger partial charge in [0.1, 0.15) is 16.4 Å². The highest BCUT2D eigenvalue weighted by molar-refractivity contribution is 7.89. The summed E-state index contributed by atoms with van der Waals surface area (Å²) >= 11 is 0. The normalized spacial score (nSPS) is 13.7. The molecule has 11 heteroatoms. The Hall–Kier alpha value is -3.44. The first-order valence-electron chi connectivity index (χ1n) is 9.85. The number of nitrogens with zero attached hydrogens (tertiary/aromatic N) is 3. The zero-order valence-electron chi connectivity index (χ0n) is 17.5. The van der Waals surface area contributed by atoms with Crippen molar-refractivity contribution in [3.05, 3.63) is 70.3 Å². The van der Waals surface area contributed by atoms with Gasteiger partial charge >= 0.3 is 0 Å². The number of nitro benzene ring substituents is 1. The van der Waals surface area contributed by atoms with Crippen LogP contribution in [-0.4, -0.2) is 37.1 Å². The molecule has 0 saturated heterocycles.